The number of nitrogens with zero attached hydrogens (tertiary/aromatic N) is 1. The number of carboxylic acid groups (broad SMARTS) is 1. The molecule has 0 spiro atoms. The Labute approximate surface area is 115 Å². The zero-order valence-electron chi connectivity index (χ0n) is 10.4. The topological polar surface area (TPSA) is 57.6 Å². The summed E-state index contributed by atoms with van der Waals surface area (Å²) >= 11 is 1.51. The van der Waals surface area contributed by atoms with Crippen LogP contribution < -0.4 is 0 Å². The zero-order chi connectivity index (χ0) is 13.4. The molecule has 19 heavy (non-hydrogen) atoms. The van der Waals surface area contributed by atoms with Gasteiger partial charge in [-0.25, -0.2) is 4.79 Å². The molecule has 1 aromatic carbocycles. The summed E-state index contributed by atoms with van der Waals surface area (Å²) in [4.78, 5) is 25.0. The lowest BCUT2D eigenvalue weighted by atomic mass is 10.1. The van der Waals surface area contributed by atoms with Crippen molar-refractivity contribution in [1.82, 2.24) is 4.90 Å². The van der Waals surface area contributed by atoms with Crippen molar-refractivity contribution >= 4 is 23.6 Å². The summed E-state index contributed by atoms with van der Waals surface area (Å²) in [5.74, 6) is 0.371. The van der Waals surface area contributed by atoms with Gasteiger partial charge in [0.05, 0.1) is 5.88 Å². The number of amides is 1. The number of rotatable bonds is 3. The maximum Gasteiger partial charge on any atom is 0.327 e. The Balaban J connectivity index is 1.68. The number of aliphatic carboxylic acids is 1. The first-order valence-electron chi connectivity index (χ1n) is 6.34. The van der Waals surface area contributed by atoms with E-state index in [0.717, 1.165) is 6.42 Å². The van der Waals surface area contributed by atoms with E-state index < -0.39 is 12.0 Å². The minimum absolute atomic E-state index is 0.00579. The van der Waals surface area contributed by atoms with Crippen molar-refractivity contribution < 1.29 is 14.7 Å². The Morgan fingerprint density at radius 3 is 2.68 bits per heavy atom. The molecule has 0 bridgehead atoms. The van der Waals surface area contributed by atoms with Crippen LogP contribution in [0.15, 0.2) is 30.3 Å². The first kappa shape index (κ1) is 12.5. The average Bonchev–Trinajstić information content (AvgIpc) is 3.06. The highest BCUT2D eigenvalue weighted by molar-refractivity contribution is 7.99. The Kier molecular flexibility index (Phi) is 3.22. The third-order valence-corrected chi connectivity index (χ3v) is 4.80. The Bertz CT molecular complexity index is 505. The Morgan fingerprint density at radius 2 is 2.00 bits per heavy atom. The van der Waals surface area contributed by atoms with Crippen molar-refractivity contribution in [2.75, 3.05) is 11.6 Å². The molecule has 1 aliphatic carbocycles. The van der Waals surface area contributed by atoms with Crippen LogP contribution in [-0.4, -0.2) is 39.6 Å². The molecular weight excluding hydrogens is 262 g/mol. The normalized spacial score (nSPS) is 29.3. The molecule has 100 valence electrons. The minimum Gasteiger partial charge on any atom is -0.480 e. The van der Waals surface area contributed by atoms with Crippen LogP contribution in [0.1, 0.15) is 17.9 Å². The summed E-state index contributed by atoms with van der Waals surface area (Å²) in [6.45, 7) is 0. The van der Waals surface area contributed by atoms with E-state index >= 15 is 0 Å². The maximum atomic E-state index is 12.4. The molecule has 3 atom stereocenters. The van der Waals surface area contributed by atoms with Gasteiger partial charge < -0.3 is 10.0 Å². The molecule has 1 heterocycles. The van der Waals surface area contributed by atoms with Crippen LogP contribution in [0.4, 0.5) is 0 Å². The van der Waals surface area contributed by atoms with Crippen molar-refractivity contribution in [1.29, 1.82) is 0 Å². The molecular formula is C14H15NO3S. The first-order chi connectivity index (χ1) is 9.18. The molecule has 4 nitrogen and oxygen atoms in total. The number of carbonyl (C=O) groups excluding carboxylic acids is 1. The van der Waals surface area contributed by atoms with Gasteiger partial charge in [-0.2, -0.15) is 0 Å². The fraction of sp³-hybridized carbons (Fsp3) is 0.429. The lowest BCUT2D eigenvalue weighted by Crippen LogP contribution is -2.42. The smallest absolute Gasteiger partial charge is 0.327 e. The van der Waals surface area contributed by atoms with E-state index in [4.69, 9.17) is 5.11 Å². The highest BCUT2D eigenvalue weighted by atomic mass is 32.2. The van der Waals surface area contributed by atoms with E-state index in [1.807, 2.05) is 30.3 Å². The fourth-order valence-corrected chi connectivity index (χ4v) is 3.77. The summed E-state index contributed by atoms with van der Waals surface area (Å²) in [6, 6.07) is 9.33. The largest absolute Gasteiger partial charge is 0.480 e. The predicted octanol–water partition coefficient (Wildman–Crippen LogP) is 1.78. The average molecular weight is 277 g/mol. The second kappa shape index (κ2) is 4.89. The van der Waals surface area contributed by atoms with Crippen LogP contribution in [0.25, 0.3) is 0 Å². The van der Waals surface area contributed by atoms with E-state index in [1.54, 1.807) is 0 Å². The molecule has 0 aromatic heterocycles. The van der Waals surface area contributed by atoms with Gasteiger partial charge in [0.2, 0.25) is 5.91 Å². The molecule has 1 saturated carbocycles. The predicted molar refractivity (Wildman–Crippen MR) is 72.9 cm³/mol. The summed E-state index contributed by atoms with van der Waals surface area (Å²) in [6.07, 6.45) is 0.844. The van der Waals surface area contributed by atoms with Gasteiger partial charge >= 0.3 is 5.97 Å². The molecule has 3 unspecified atom stereocenters. The lowest BCUT2D eigenvalue weighted by molar-refractivity contribution is -0.148. The Hall–Kier alpha value is -1.49. The van der Waals surface area contributed by atoms with E-state index in [0.29, 0.717) is 11.6 Å². The van der Waals surface area contributed by atoms with Crippen molar-refractivity contribution in [3.8, 4) is 0 Å². The van der Waals surface area contributed by atoms with Crippen LogP contribution in [0.2, 0.25) is 0 Å². The zero-order valence-corrected chi connectivity index (χ0v) is 11.2. The van der Waals surface area contributed by atoms with E-state index in [1.165, 1.54) is 22.2 Å². The summed E-state index contributed by atoms with van der Waals surface area (Å²) in [5.41, 5.74) is 1.18. The highest BCUT2D eigenvalue weighted by Crippen LogP contribution is 2.49. The quantitative estimate of drug-likeness (QED) is 0.915. The second-order valence-corrected chi connectivity index (χ2v) is 6.02. The third kappa shape index (κ3) is 2.34. The molecule has 5 heteroatoms. The van der Waals surface area contributed by atoms with Gasteiger partial charge in [-0.15, -0.1) is 11.8 Å². The molecule has 2 fully saturated rings. The molecule has 1 N–H and O–H groups in total. The molecule has 3 rings (SSSR count). The molecule has 0 radical (unpaired) electrons. The fourth-order valence-electron chi connectivity index (χ4n) is 2.61. The van der Waals surface area contributed by atoms with Crippen LogP contribution in [0, 0.1) is 5.92 Å². The van der Waals surface area contributed by atoms with Crippen LogP contribution in [0.5, 0.6) is 0 Å². The number of carboxylic acids is 1. The van der Waals surface area contributed by atoms with Crippen molar-refractivity contribution in [2.45, 2.75) is 18.4 Å². The standard InChI is InChI=1S/C14H15NO3S/c16-13(15-8-19-7-12(15)14(17)18)11-6-10(11)9-4-2-1-3-5-9/h1-5,10-12H,6-8H2,(H,17,18). The van der Waals surface area contributed by atoms with Crippen LogP contribution >= 0.6 is 11.8 Å². The lowest BCUT2D eigenvalue weighted by Gasteiger charge is -2.20. The molecule has 1 aliphatic heterocycles. The van der Waals surface area contributed by atoms with Gasteiger partial charge in [-0.05, 0) is 17.9 Å². The summed E-state index contributed by atoms with van der Waals surface area (Å²) in [7, 11) is 0. The number of carbonyl (C=O) groups is 2. The summed E-state index contributed by atoms with van der Waals surface area (Å²) in [5, 5.41) is 9.11. The molecule has 2 aliphatic rings. The molecule has 1 saturated heterocycles. The van der Waals surface area contributed by atoms with Gasteiger partial charge in [-0.3, -0.25) is 4.79 Å². The second-order valence-electron chi connectivity index (χ2n) is 5.02. The van der Waals surface area contributed by atoms with E-state index in [2.05, 4.69) is 0 Å². The van der Waals surface area contributed by atoms with E-state index in [-0.39, 0.29) is 17.7 Å². The van der Waals surface area contributed by atoms with Gasteiger partial charge in [0.1, 0.15) is 6.04 Å². The highest BCUT2D eigenvalue weighted by Gasteiger charge is 2.48. The number of thioether (sulfide) groups is 1. The van der Waals surface area contributed by atoms with Gasteiger partial charge in [-0.1, -0.05) is 30.3 Å². The van der Waals surface area contributed by atoms with Crippen LogP contribution in [-0.2, 0) is 9.59 Å². The number of benzene rings is 1. The van der Waals surface area contributed by atoms with E-state index in [9.17, 15) is 9.59 Å². The monoisotopic (exact) mass is 277 g/mol. The van der Waals surface area contributed by atoms with Crippen molar-refractivity contribution in [3.05, 3.63) is 35.9 Å². The van der Waals surface area contributed by atoms with Crippen LogP contribution in [0.3, 0.4) is 0 Å². The van der Waals surface area contributed by atoms with Crippen molar-refractivity contribution in [3.63, 3.8) is 0 Å². The third-order valence-electron chi connectivity index (χ3n) is 3.79. The summed E-state index contributed by atoms with van der Waals surface area (Å²) < 4.78 is 0. The van der Waals surface area contributed by atoms with Gasteiger partial charge in [0.15, 0.2) is 0 Å². The Morgan fingerprint density at radius 1 is 1.26 bits per heavy atom. The first-order valence-corrected chi connectivity index (χ1v) is 7.50. The number of hydrogen-bond donors (Lipinski definition) is 1. The minimum atomic E-state index is -0.893. The van der Waals surface area contributed by atoms with Gasteiger partial charge in [0, 0.05) is 11.7 Å². The molecule has 1 aromatic rings. The van der Waals surface area contributed by atoms with Crippen molar-refractivity contribution in [2.24, 2.45) is 5.92 Å². The maximum absolute atomic E-state index is 12.4. The number of hydrogen-bond acceptors (Lipinski definition) is 3. The van der Waals surface area contributed by atoms with Gasteiger partial charge in [0.25, 0.3) is 0 Å². The SMILES string of the molecule is O=C(O)C1CSCN1C(=O)C1CC1c1ccccc1. The molecule has 1 amide bonds.